The number of hydrogen-bond acceptors (Lipinski definition) is 4. The summed E-state index contributed by atoms with van der Waals surface area (Å²) in [6, 6.07) is 1.20. The molecule has 0 aromatic carbocycles. The minimum atomic E-state index is -3.67. The van der Waals surface area contributed by atoms with E-state index in [0.717, 1.165) is 11.3 Å². The minimum absolute atomic E-state index is 0.0228. The minimum Gasteiger partial charge on any atom is -0.477 e. The largest absolute Gasteiger partial charge is 0.477 e. The Morgan fingerprint density at radius 1 is 1.32 bits per heavy atom. The molecule has 1 aromatic rings. The van der Waals surface area contributed by atoms with Crippen LogP contribution < -0.4 is 4.72 Å². The van der Waals surface area contributed by atoms with Gasteiger partial charge < -0.3 is 5.11 Å². The summed E-state index contributed by atoms with van der Waals surface area (Å²) >= 11 is 0.915. The highest BCUT2D eigenvalue weighted by Gasteiger charge is 2.31. The molecular formula is C12H19NO4S2. The summed E-state index contributed by atoms with van der Waals surface area (Å²) in [7, 11) is -3.67. The van der Waals surface area contributed by atoms with Gasteiger partial charge in [0.2, 0.25) is 10.0 Å². The van der Waals surface area contributed by atoms with Gasteiger partial charge in [-0.2, -0.15) is 0 Å². The van der Waals surface area contributed by atoms with Gasteiger partial charge in [0.15, 0.2) is 0 Å². The van der Waals surface area contributed by atoms with E-state index in [9.17, 15) is 13.2 Å². The fourth-order valence-corrected chi connectivity index (χ4v) is 4.61. The zero-order chi connectivity index (χ0) is 14.7. The Morgan fingerprint density at radius 2 is 1.84 bits per heavy atom. The highest BCUT2D eigenvalue weighted by atomic mass is 32.2. The first-order valence-electron chi connectivity index (χ1n) is 6.16. The Hall–Kier alpha value is -0.920. The van der Waals surface area contributed by atoms with Crippen molar-refractivity contribution >= 4 is 27.3 Å². The monoisotopic (exact) mass is 305 g/mol. The van der Waals surface area contributed by atoms with E-state index in [1.807, 2.05) is 20.8 Å². The van der Waals surface area contributed by atoms with Crippen molar-refractivity contribution in [3.63, 3.8) is 0 Å². The number of thiophene rings is 1. The molecule has 1 rings (SSSR count). The van der Waals surface area contributed by atoms with Gasteiger partial charge in [-0.25, -0.2) is 17.9 Å². The Morgan fingerprint density at radius 3 is 2.21 bits per heavy atom. The van der Waals surface area contributed by atoms with Gasteiger partial charge in [0, 0.05) is 10.9 Å². The Kier molecular flexibility index (Phi) is 5.11. The van der Waals surface area contributed by atoms with E-state index in [4.69, 9.17) is 5.11 Å². The number of aromatic carboxylic acids is 1. The Balaban J connectivity index is 3.06. The molecule has 1 aromatic heterocycles. The van der Waals surface area contributed by atoms with E-state index < -0.39 is 21.5 Å². The maximum absolute atomic E-state index is 12.3. The van der Waals surface area contributed by atoms with E-state index in [-0.39, 0.29) is 9.77 Å². The second-order valence-electron chi connectivity index (χ2n) is 4.40. The number of carboxylic acid groups (broad SMARTS) is 1. The van der Waals surface area contributed by atoms with Crippen LogP contribution in [0.15, 0.2) is 16.3 Å². The van der Waals surface area contributed by atoms with E-state index >= 15 is 0 Å². The molecule has 1 heterocycles. The third-order valence-corrected chi connectivity index (χ3v) is 6.10. The maximum Gasteiger partial charge on any atom is 0.345 e. The molecule has 108 valence electrons. The van der Waals surface area contributed by atoms with Crippen LogP contribution in [0.1, 0.15) is 49.7 Å². The van der Waals surface area contributed by atoms with Crippen molar-refractivity contribution in [3.8, 4) is 0 Å². The van der Waals surface area contributed by atoms with Gasteiger partial charge in [0.05, 0.1) is 4.90 Å². The smallest absolute Gasteiger partial charge is 0.345 e. The summed E-state index contributed by atoms with van der Waals surface area (Å²) in [6.45, 7) is 5.81. The fourth-order valence-electron chi connectivity index (χ4n) is 1.88. The van der Waals surface area contributed by atoms with Crippen LogP contribution in [0.4, 0.5) is 0 Å². The third-order valence-electron chi connectivity index (χ3n) is 3.48. The maximum atomic E-state index is 12.3. The van der Waals surface area contributed by atoms with E-state index in [2.05, 4.69) is 4.72 Å². The van der Waals surface area contributed by atoms with Crippen LogP contribution in [0.5, 0.6) is 0 Å². The van der Waals surface area contributed by atoms with Crippen molar-refractivity contribution in [2.75, 3.05) is 0 Å². The molecule has 0 spiro atoms. The van der Waals surface area contributed by atoms with Gasteiger partial charge in [0.1, 0.15) is 4.88 Å². The summed E-state index contributed by atoms with van der Waals surface area (Å²) < 4.78 is 27.2. The molecule has 0 aliphatic heterocycles. The zero-order valence-electron chi connectivity index (χ0n) is 11.3. The van der Waals surface area contributed by atoms with Gasteiger partial charge in [0.25, 0.3) is 0 Å². The van der Waals surface area contributed by atoms with Crippen LogP contribution in [-0.4, -0.2) is 25.0 Å². The molecule has 0 unspecified atom stereocenters. The van der Waals surface area contributed by atoms with Crippen LogP contribution in [-0.2, 0) is 10.0 Å². The lowest BCUT2D eigenvalue weighted by atomic mass is 9.91. The van der Waals surface area contributed by atoms with Gasteiger partial charge >= 0.3 is 5.97 Å². The lowest BCUT2D eigenvalue weighted by molar-refractivity contribution is 0.0702. The molecule has 0 aliphatic carbocycles. The SMILES string of the molecule is CCC(CC)(CC)NS(=O)(=O)c1csc(C(=O)O)c1. The van der Waals surface area contributed by atoms with E-state index in [0.29, 0.717) is 19.3 Å². The molecule has 0 radical (unpaired) electrons. The number of sulfonamides is 1. The molecule has 0 fully saturated rings. The van der Waals surface area contributed by atoms with E-state index in [1.165, 1.54) is 11.4 Å². The van der Waals surface area contributed by atoms with E-state index in [1.54, 1.807) is 0 Å². The molecule has 19 heavy (non-hydrogen) atoms. The molecule has 5 nitrogen and oxygen atoms in total. The van der Waals surface area contributed by atoms with Crippen LogP contribution in [0.2, 0.25) is 0 Å². The van der Waals surface area contributed by atoms with Crippen LogP contribution in [0, 0.1) is 0 Å². The van der Waals surface area contributed by atoms with Gasteiger partial charge in [-0.3, -0.25) is 0 Å². The highest BCUT2D eigenvalue weighted by molar-refractivity contribution is 7.89. The molecule has 7 heteroatoms. The summed E-state index contributed by atoms with van der Waals surface area (Å²) in [4.78, 5) is 10.8. The van der Waals surface area contributed by atoms with Crippen molar-refractivity contribution in [2.45, 2.75) is 50.5 Å². The lowest BCUT2D eigenvalue weighted by Crippen LogP contribution is -2.46. The van der Waals surface area contributed by atoms with Crippen LogP contribution in [0.3, 0.4) is 0 Å². The van der Waals surface area contributed by atoms with Gasteiger partial charge in [-0.05, 0) is 25.3 Å². The fraction of sp³-hybridized carbons (Fsp3) is 0.583. The zero-order valence-corrected chi connectivity index (χ0v) is 12.9. The molecule has 0 aliphatic rings. The number of hydrogen-bond donors (Lipinski definition) is 2. The normalized spacial score (nSPS) is 12.6. The number of carbonyl (C=O) groups is 1. The summed E-state index contributed by atoms with van der Waals surface area (Å²) in [5, 5.41) is 10.2. The first-order chi connectivity index (χ1) is 8.80. The second-order valence-corrected chi connectivity index (χ2v) is 6.99. The molecule has 0 saturated heterocycles. The molecule has 0 bridgehead atoms. The number of carboxylic acids is 1. The number of rotatable bonds is 7. The standard InChI is InChI=1S/C12H19NO4S2/c1-4-12(5-2,6-3)13-19(16,17)9-7-10(11(14)15)18-8-9/h7-8,13H,4-6H2,1-3H3,(H,14,15). The van der Waals surface area contributed by atoms with Crippen LogP contribution >= 0.6 is 11.3 Å². The van der Waals surface area contributed by atoms with Gasteiger partial charge in [-0.1, -0.05) is 20.8 Å². The molecule has 0 amide bonds. The second kappa shape index (κ2) is 6.02. The molecule has 2 N–H and O–H groups in total. The summed E-state index contributed by atoms with van der Waals surface area (Å²) in [6.07, 6.45) is 2.07. The number of nitrogens with one attached hydrogen (secondary N) is 1. The third kappa shape index (κ3) is 3.55. The lowest BCUT2D eigenvalue weighted by Gasteiger charge is -2.31. The molecular weight excluding hydrogens is 286 g/mol. The first-order valence-corrected chi connectivity index (χ1v) is 8.52. The average molecular weight is 305 g/mol. The van der Waals surface area contributed by atoms with Crippen LogP contribution in [0.25, 0.3) is 0 Å². The van der Waals surface area contributed by atoms with Crippen molar-refractivity contribution in [3.05, 3.63) is 16.3 Å². The average Bonchev–Trinajstić information content (AvgIpc) is 2.86. The molecule has 0 saturated carbocycles. The topological polar surface area (TPSA) is 83.5 Å². The highest BCUT2D eigenvalue weighted by Crippen LogP contribution is 2.25. The molecule has 0 atom stereocenters. The van der Waals surface area contributed by atoms with Crippen molar-refractivity contribution in [2.24, 2.45) is 0 Å². The van der Waals surface area contributed by atoms with Crippen molar-refractivity contribution in [1.82, 2.24) is 4.72 Å². The Labute approximate surface area is 117 Å². The Bertz CT molecular complexity index is 536. The van der Waals surface area contributed by atoms with Gasteiger partial charge in [-0.15, -0.1) is 11.3 Å². The van der Waals surface area contributed by atoms with Crippen molar-refractivity contribution in [1.29, 1.82) is 0 Å². The summed E-state index contributed by atoms with van der Waals surface area (Å²) in [5.41, 5.74) is -0.468. The van der Waals surface area contributed by atoms with Crippen molar-refractivity contribution < 1.29 is 18.3 Å². The predicted molar refractivity (Wildman–Crippen MR) is 75.2 cm³/mol. The predicted octanol–water partition coefficient (Wildman–Crippen LogP) is 2.69. The summed E-state index contributed by atoms with van der Waals surface area (Å²) in [5.74, 6) is -1.11. The quantitative estimate of drug-likeness (QED) is 0.811. The first kappa shape index (κ1) is 16.1.